The molecular formula is C11H8N2O3. The van der Waals surface area contributed by atoms with Gasteiger partial charge in [-0.1, -0.05) is 12.6 Å². The number of nitrogens with one attached hydrogen (secondary N) is 1. The van der Waals surface area contributed by atoms with E-state index in [-0.39, 0.29) is 17.0 Å². The van der Waals surface area contributed by atoms with E-state index in [2.05, 4.69) is 11.6 Å². The number of carbonyl (C=O) groups excluding carboxylic acids is 1. The van der Waals surface area contributed by atoms with Crippen molar-refractivity contribution in [3.8, 4) is 0 Å². The molecular weight excluding hydrogens is 208 g/mol. The maximum absolute atomic E-state index is 11.5. The molecule has 1 aromatic heterocycles. The lowest BCUT2D eigenvalue weighted by Gasteiger charge is -1.96. The molecule has 5 nitrogen and oxygen atoms in total. The number of hydrogen-bond acceptors (Lipinski definition) is 3. The van der Waals surface area contributed by atoms with Crippen LogP contribution in [0.2, 0.25) is 0 Å². The SMILES string of the molecule is C=CC(=O)c1c[nH]c2cccc([N+](=O)[O-])c12. The molecule has 0 aliphatic rings. The van der Waals surface area contributed by atoms with Crippen LogP contribution in [0.5, 0.6) is 0 Å². The monoisotopic (exact) mass is 216 g/mol. The standard InChI is InChI=1S/C11H8N2O3/c1-2-10(14)7-6-12-8-4-3-5-9(11(7)8)13(15)16/h2-6,12H,1H2. The summed E-state index contributed by atoms with van der Waals surface area (Å²) < 4.78 is 0. The van der Waals surface area contributed by atoms with Gasteiger partial charge >= 0.3 is 0 Å². The lowest BCUT2D eigenvalue weighted by Crippen LogP contribution is -1.95. The Hall–Kier alpha value is -2.43. The van der Waals surface area contributed by atoms with Crippen molar-refractivity contribution in [1.82, 2.24) is 4.98 Å². The number of aromatic amines is 1. The number of fused-ring (bicyclic) bond motifs is 1. The molecule has 1 aromatic carbocycles. The van der Waals surface area contributed by atoms with Crippen LogP contribution in [0.15, 0.2) is 37.1 Å². The van der Waals surface area contributed by atoms with Crippen molar-refractivity contribution in [2.24, 2.45) is 0 Å². The summed E-state index contributed by atoms with van der Waals surface area (Å²) >= 11 is 0. The molecule has 0 unspecified atom stereocenters. The summed E-state index contributed by atoms with van der Waals surface area (Å²) in [4.78, 5) is 24.7. The van der Waals surface area contributed by atoms with E-state index in [0.717, 1.165) is 6.08 Å². The van der Waals surface area contributed by atoms with Crippen molar-refractivity contribution in [3.63, 3.8) is 0 Å². The normalized spacial score (nSPS) is 10.2. The second kappa shape index (κ2) is 3.62. The van der Waals surface area contributed by atoms with Gasteiger partial charge in [0.1, 0.15) is 0 Å². The van der Waals surface area contributed by atoms with Gasteiger partial charge in [-0.05, 0) is 12.1 Å². The minimum atomic E-state index is -0.504. The van der Waals surface area contributed by atoms with Gasteiger partial charge in [-0.15, -0.1) is 0 Å². The Kier molecular flexibility index (Phi) is 2.28. The van der Waals surface area contributed by atoms with E-state index in [0.29, 0.717) is 10.9 Å². The van der Waals surface area contributed by atoms with Crippen molar-refractivity contribution in [1.29, 1.82) is 0 Å². The number of nitrogens with zero attached hydrogens (tertiary/aromatic N) is 1. The minimum Gasteiger partial charge on any atom is -0.360 e. The topological polar surface area (TPSA) is 76.0 Å². The summed E-state index contributed by atoms with van der Waals surface area (Å²) in [7, 11) is 0. The summed E-state index contributed by atoms with van der Waals surface area (Å²) in [5.74, 6) is -0.333. The van der Waals surface area contributed by atoms with Crippen LogP contribution < -0.4 is 0 Å². The first-order valence-electron chi connectivity index (χ1n) is 4.56. The van der Waals surface area contributed by atoms with Gasteiger partial charge in [-0.2, -0.15) is 0 Å². The van der Waals surface area contributed by atoms with Crippen molar-refractivity contribution in [2.45, 2.75) is 0 Å². The van der Waals surface area contributed by atoms with Crippen LogP contribution in [0.3, 0.4) is 0 Å². The average molecular weight is 216 g/mol. The summed E-state index contributed by atoms with van der Waals surface area (Å²) in [5.41, 5.74) is 0.764. The number of aromatic nitrogens is 1. The number of nitro benzene ring substituents is 1. The van der Waals surface area contributed by atoms with Crippen LogP contribution in [-0.4, -0.2) is 15.7 Å². The van der Waals surface area contributed by atoms with Crippen molar-refractivity contribution in [3.05, 3.63) is 52.7 Å². The van der Waals surface area contributed by atoms with E-state index in [1.165, 1.54) is 12.3 Å². The fraction of sp³-hybridized carbons (Fsp3) is 0. The van der Waals surface area contributed by atoms with Crippen molar-refractivity contribution < 1.29 is 9.72 Å². The van der Waals surface area contributed by atoms with E-state index in [1.807, 2.05) is 0 Å². The Morgan fingerprint density at radius 2 is 2.25 bits per heavy atom. The molecule has 0 aliphatic heterocycles. The van der Waals surface area contributed by atoms with Gasteiger partial charge in [0.15, 0.2) is 5.78 Å². The van der Waals surface area contributed by atoms with Gasteiger partial charge in [0.2, 0.25) is 0 Å². The van der Waals surface area contributed by atoms with Crippen molar-refractivity contribution in [2.75, 3.05) is 0 Å². The third-order valence-corrected chi connectivity index (χ3v) is 2.33. The molecule has 1 N–H and O–H groups in total. The van der Waals surface area contributed by atoms with Crippen LogP contribution in [-0.2, 0) is 0 Å². The second-order valence-corrected chi connectivity index (χ2v) is 3.23. The Morgan fingerprint density at radius 3 is 2.88 bits per heavy atom. The molecule has 5 heteroatoms. The molecule has 0 spiro atoms. The number of ketones is 1. The van der Waals surface area contributed by atoms with Crippen LogP contribution in [0, 0.1) is 10.1 Å². The van der Waals surface area contributed by atoms with Crippen molar-refractivity contribution >= 4 is 22.4 Å². The average Bonchev–Trinajstić information content (AvgIpc) is 2.71. The summed E-state index contributed by atoms with van der Waals surface area (Å²) in [6.45, 7) is 3.36. The summed E-state index contributed by atoms with van der Waals surface area (Å²) in [6, 6.07) is 4.62. The Balaban J connectivity index is 2.82. The highest BCUT2D eigenvalue weighted by atomic mass is 16.6. The molecule has 2 rings (SSSR count). The molecule has 16 heavy (non-hydrogen) atoms. The number of non-ortho nitro benzene ring substituents is 1. The Bertz CT molecular complexity index is 598. The van der Waals surface area contributed by atoms with E-state index < -0.39 is 4.92 Å². The molecule has 0 amide bonds. The number of allylic oxidation sites excluding steroid dienone is 1. The zero-order valence-corrected chi connectivity index (χ0v) is 8.27. The molecule has 0 saturated heterocycles. The summed E-state index contributed by atoms with van der Waals surface area (Å²) in [5, 5.41) is 11.2. The molecule has 80 valence electrons. The Morgan fingerprint density at radius 1 is 1.50 bits per heavy atom. The number of nitro groups is 1. The lowest BCUT2D eigenvalue weighted by atomic mass is 10.1. The molecule has 0 saturated carbocycles. The Labute approximate surface area is 90.5 Å². The van der Waals surface area contributed by atoms with Gasteiger partial charge in [-0.25, -0.2) is 0 Å². The number of benzene rings is 1. The maximum atomic E-state index is 11.5. The number of hydrogen-bond donors (Lipinski definition) is 1. The highest BCUT2D eigenvalue weighted by molar-refractivity contribution is 6.15. The van der Waals surface area contributed by atoms with Gasteiger partial charge in [-0.3, -0.25) is 14.9 Å². The second-order valence-electron chi connectivity index (χ2n) is 3.23. The highest BCUT2D eigenvalue weighted by Gasteiger charge is 2.19. The third kappa shape index (κ3) is 1.38. The zero-order chi connectivity index (χ0) is 11.7. The van der Waals surface area contributed by atoms with Gasteiger partial charge in [0, 0.05) is 12.3 Å². The van der Waals surface area contributed by atoms with E-state index in [1.54, 1.807) is 12.1 Å². The summed E-state index contributed by atoms with van der Waals surface area (Å²) in [6.07, 6.45) is 2.60. The molecule has 0 radical (unpaired) electrons. The first-order chi connectivity index (χ1) is 7.65. The zero-order valence-electron chi connectivity index (χ0n) is 8.27. The number of carbonyl (C=O) groups is 1. The fourth-order valence-electron chi connectivity index (χ4n) is 1.62. The molecule has 0 aliphatic carbocycles. The predicted octanol–water partition coefficient (Wildman–Crippen LogP) is 2.44. The van der Waals surface area contributed by atoms with Gasteiger partial charge in [0.25, 0.3) is 5.69 Å². The molecule has 0 atom stereocenters. The number of H-pyrrole nitrogens is 1. The first-order valence-corrected chi connectivity index (χ1v) is 4.56. The van der Waals surface area contributed by atoms with E-state index in [4.69, 9.17) is 0 Å². The lowest BCUT2D eigenvalue weighted by molar-refractivity contribution is -0.383. The van der Waals surface area contributed by atoms with Crippen LogP contribution in [0.4, 0.5) is 5.69 Å². The molecule has 0 bridgehead atoms. The molecule has 0 fully saturated rings. The maximum Gasteiger partial charge on any atom is 0.279 e. The highest BCUT2D eigenvalue weighted by Crippen LogP contribution is 2.28. The largest absolute Gasteiger partial charge is 0.360 e. The quantitative estimate of drug-likeness (QED) is 0.370. The van der Waals surface area contributed by atoms with Gasteiger partial charge < -0.3 is 4.98 Å². The first kappa shape index (κ1) is 10.1. The minimum absolute atomic E-state index is 0.0797. The van der Waals surface area contributed by atoms with Crippen LogP contribution in [0.25, 0.3) is 10.9 Å². The fourth-order valence-corrected chi connectivity index (χ4v) is 1.62. The van der Waals surface area contributed by atoms with E-state index >= 15 is 0 Å². The third-order valence-electron chi connectivity index (χ3n) is 2.33. The molecule has 2 aromatic rings. The predicted molar refractivity (Wildman–Crippen MR) is 59.5 cm³/mol. The number of rotatable bonds is 3. The van der Waals surface area contributed by atoms with Crippen LogP contribution >= 0.6 is 0 Å². The molecule has 1 heterocycles. The van der Waals surface area contributed by atoms with E-state index in [9.17, 15) is 14.9 Å². The van der Waals surface area contributed by atoms with Crippen LogP contribution in [0.1, 0.15) is 10.4 Å². The van der Waals surface area contributed by atoms with Gasteiger partial charge in [0.05, 0.1) is 21.4 Å². The smallest absolute Gasteiger partial charge is 0.279 e.